The van der Waals surface area contributed by atoms with Gasteiger partial charge < -0.3 is 15.4 Å². The van der Waals surface area contributed by atoms with Gasteiger partial charge >= 0.3 is 0 Å². The summed E-state index contributed by atoms with van der Waals surface area (Å²) in [6, 6.07) is 0.813. The van der Waals surface area contributed by atoms with Crippen molar-refractivity contribution in [2.45, 2.75) is 44.2 Å². The Hall–Kier alpha value is -1.24. The topological polar surface area (TPSA) is 62.3 Å². The van der Waals surface area contributed by atoms with E-state index < -0.39 is 0 Å². The van der Waals surface area contributed by atoms with Gasteiger partial charge in [0.2, 0.25) is 0 Å². The molecule has 1 aromatic heterocycles. The van der Waals surface area contributed by atoms with E-state index in [2.05, 4.69) is 25.5 Å². The third kappa shape index (κ3) is 3.34. The summed E-state index contributed by atoms with van der Waals surface area (Å²) in [6.07, 6.45) is 7.70. The monoisotopic (exact) mass is 317 g/mol. The van der Waals surface area contributed by atoms with Crippen LogP contribution >= 0.6 is 0 Å². The van der Waals surface area contributed by atoms with E-state index in [0.717, 1.165) is 45.0 Å². The van der Waals surface area contributed by atoms with Crippen molar-refractivity contribution in [3.8, 4) is 0 Å². The molecule has 0 amide bonds. The standard InChI is InChI=1S/C17H27N5O/c1-2-8-22(9-3-1)16-11-23-10-15(16)21-17-13-4-6-18-7-5-14(13)19-12-20-17/h12,15-16,18H,1-11H2,(H,19,20,21)/t15-,16-/m1/s1. The van der Waals surface area contributed by atoms with Crippen LogP contribution in [-0.2, 0) is 17.6 Å². The Morgan fingerprint density at radius 2 is 1.96 bits per heavy atom. The van der Waals surface area contributed by atoms with Crippen molar-refractivity contribution in [2.24, 2.45) is 0 Å². The Morgan fingerprint density at radius 1 is 1.09 bits per heavy atom. The summed E-state index contributed by atoms with van der Waals surface area (Å²) < 4.78 is 5.80. The van der Waals surface area contributed by atoms with Gasteiger partial charge in [0.15, 0.2) is 0 Å². The second-order valence-corrected chi connectivity index (χ2v) is 6.85. The van der Waals surface area contributed by atoms with Crippen LogP contribution in [0.5, 0.6) is 0 Å². The van der Waals surface area contributed by atoms with E-state index in [1.165, 1.54) is 43.6 Å². The number of anilines is 1. The van der Waals surface area contributed by atoms with Gasteiger partial charge in [0.05, 0.1) is 31.0 Å². The molecule has 23 heavy (non-hydrogen) atoms. The maximum Gasteiger partial charge on any atom is 0.133 e. The molecule has 6 heteroatoms. The highest BCUT2D eigenvalue weighted by atomic mass is 16.5. The largest absolute Gasteiger partial charge is 0.378 e. The summed E-state index contributed by atoms with van der Waals surface area (Å²) in [5.74, 6) is 1.02. The minimum atomic E-state index is 0.336. The Morgan fingerprint density at radius 3 is 2.87 bits per heavy atom. The summed E-state index contributed by atoms with van der Waals surface area (Å²) in [6.45, 7) is 6.04. The van der Waals surface area contributed by atoms with E-state index in [4.69, 9.17) is 4.74 Å². The van der Waals surface area contributed by atoms with Crippen LogP contribution < -0.4 is 10.6 Å². The first kappa shape index (κ1) is 15.3. The Kier molecular flexibility index (Phi) is 4.73. The summed E-state index contributed by atoms with van der Waals surface area (Å²) in [5, 5.41) is 7.15. The van der Waals surface area contributed by atoms with E-state index in [1.54, 1.807) is 6.33 Å². The summed E-state index contributed by atoms with van der Waals surface area (Å²) in [4.78, 5) is 11.6. The predicted octanol–water partition coefficient (Wildman–Crippen LogP) is 0.830. The zero-order valence-corrected chi connectivity index (χ0v) is 13.8. The van der Waals surface area contributed by atoms with Crippen molar-refractivity contribution < 1.29 is 4.74 Å². The van der Waals surface area contributed by atoms with E-state index in [0.29, 0.717) is 12.1 Å². The van der Waals surface area contributed by atoms with Crippen LogP contribution in [0.25, 0.3) is 0 Å². The van der Waals surface area contributed by atoms with Crippen LogP contribution in [0.3, 0.4) is 0 Å². The smallest absolute Gasteiger partial charge is 0.133 e. The van der Waals surface area contributed by atoms with Crippen LogP contribution in [-0.4, -0.2) is 66.3 Å². The minimum absolute atomic E-state index is 0.336. The number of hydrogen-bond acceptors (Lipinski definition) is 6. The number of aromatic nitrogens is 2. The number of hydrogen-bond donors (Lipinski definition) is 2. The number of nitrogens with zero attached hydrogens (tertiary/aromatic N) is 3. The van der Waals surface area contributed by atoms with E-state index in [-0.39, 0.29) is 0 Å². The maximum absolute atomic E-state index is 5.80. The molecule has 0 spiro atoms. The fourth-order valence-corrected chi connectivity index (χ4v) is 4.06. The van der Waals surface area contributed by atoms with Crippen molar-refractivity contribution in [3.63, 3.8) is 0 Å². The Labute approximate surface area is 138 Å². The molecule has 0 aromatic carbocycles. The Bertz CT molecular complexity index is 532. The number of piperidine rings is 1. The molecule has 0 bridgehead atoms. The lowest BCUT2D eigenvalue weighted by Crippen LogP contribution is -2.48. The van der Waals surface area contributed by atoms with E-state index >= 15 is 0 Å². The number of likely N-dealkylation sites (tertiary alicyclic amines) is 1. The SMILES string of the molecule is c1nc2c(c(N[C@@H]3COC[C@H]3N3CCCCC3)n1)CCNCC2. The lowest BCUT2D eigenvalue weighted by atomic mass is 10.0. The van der Waals surface area contributed by atoms with Crippen molar-refractivity contribution in [2.75, 3.05) is 44.7 Å². The summed E-state index contributed by atoms with van der Waals surface area (Å²) >= 11 is 0. The van der Waals surface area contributed by atoms with Gasteiger partial charge in [-0.2, -0.15) is 0 Å². The van der Waals surface area contributed by atoms with E-state index in [1.807, 2.05) is 0 Å². The molecule has 4 rings (SSSR count). The van der Waals surface area contributed by atoms with Gasteiger partial charge in [-0.1, -0.05) is 6.42 Å². The molecular formula is C17H27N5O. The van der Waals surface area contributed by atoms with Crippen molar-refractivity contribution in [1.82, 2.24) is 20.2 Å². The summed E-state index contributed by atoms with van der Waals surface area (Å²) in [7, 11) is 0. The molecule has 6 nitrogen and oxygen atoms in total. The number of ether oxygens (including phenoxy) is 1. The highest BCUT2D eigenvalue weighted by molar-refractivity contribution is 5.48. The molecule has 0 unspecified atom stereocenters. The second kappa shape index (κ2) is 7.11. The quantitative estimate of drug-likeness (QED) is 0.861. The second-order valence-electron chi connectivity index (χ2n) is 6.85. The number of fused-ring (bicyclic) bond motifs is 1. The highest BCUT2D eigenvalue weighted by Gasteiger charge is 2.34. The first-order valence-corrected chi connectivity index (χ1v) is 9.03. The first-order chi connectivity index (χ1) is 11.4. The molecule has 4 heterocycles. The highest BCUT2D eigenvalue weighted by Crippen LogP contribution is 2.24. The van der Waals surface area contributed by atoms with Crippen molar-refractivity contribution in [3.05, 3.63) is 17.6 Å². The fourth-order valence-electron chi connectivity index (χ4n) is 4.06. The Balaban J connectivity index is 1.50. The molecular weight excluding hydrogens is 290 g/mol. The molecule has 3 aliphatic rings. The van der Waals surface area contributed by atoms with Gasteiger partial charge in [0.25, 0.3) is 0 Å². The van der Waals surface area contributed by atoms with Crippen LogP contribution in [0.2, 0.25) is 0 Å². The van der Waals surface area contributed by atoms with Crippen molar-refractivity contribution >= 4 is 5.82 Å². The molecule has 3 aliphatic heterocycles. The first-order valence-electron chi connectivity index (χ1n) is 9.03. The van der Waals surface area contributed by atoms with Crippen LogP contribution in [0.1, 0.15) is 30.5 Å². The zero-order chi connectivity index (χ0) is 15.5. The lowest BCUT2D eigenvalue weighted by molar-refractivity contribution is 0.127. The fraction of sp³-hybridized carbons (Fsp3) is 0.765. The molecule has 2 N–H and O–H groups in total. The van der Waals surface area contributed by atoms with Gasteiger partial charge in [-0.05, 0) is 38.9 Å². The van der Waals surface area contributed by atoms with Gasteiger partial charge in [-0.3, -0.25) is 4.90 Å². The molecule has 1 aromatic rings. The van der Waals surface area contributed by atoms with E-state index in [9.17, 15) is 0 Å². The van der Waals surface area contributed by atoms with Crippen LogP contribution in [0.4, 0.5) is 5.82 Å². The third-order valence-corrected chi connectivity index (χ3v) is 5.36. The normalized spacial score (nSPS) is 29.0. The minimum Gasteiger partial charge on any atom is -0.378 e. The predicted molar refractivity (Wildman–Crippen MR) is 89.8 cm³/mol. The molecule has 0 saturated carbocycles. The third-order valence-electron chi connectivity index (χ3n) is 5.36. The molecule has 0 aliphatic carbocycles. The molecule has 2 saturated heterocycles. The average molecular weight is 317 g/mol. The lowest BCUT2D eigenvalue weighted by Gasteiger charge is -2.35. The molecule has 0 radical (unpaired) electrons. The van der Waals surface area contributed by atoms with Gasteiger partial charge in [-0.15, -0.1) is 0 Å². The van der Waals surface area contributed by atoms with Gasteiger partial charge in [0, 0.05) is 18.5 Å². The van der Waals surface area contributed by atoms with Crippen molar-refractivity contribution in [1.29, 1.82) is 0 Å². The van der Waals surface area contributed by atoms with Gasteiger partial charge in [-0.25, -0.2) is 9.97 Å². The van der Waals surface area contributed by atoms with Gasteiger partial charge in [0.1, 0.15) is 12.1 Å². The maximum atomic E-state index is 5.80. The van der Waals surface area contributed by atoms with Crippen LogP contribution in [0.15, 0.2) is 6.33 Å². The molecule has 2 fully saturated rings. The number of nitrogens with one attached hydrogen (secondary N) is 2. The molecule has 126 valence electrons. The summed E-state index contributed by atoms with van der Waals surface area (Å²) in [5.41, 5.74) is 2.49. The zero-order valence-electron chi connectivity index (χ0n) is 13.8. The number of rotatable bonds is 3. The average Bonchev–Trinajstić information content (AvgIpc) is 2.91. The van der Waals surface area contributed by atoms with Crippen LogP contribution in [0, 0.1) is 0 Å². The molecule has 2 atom stereocenters.